The van der Waals surface area contributed by atoms with Crippen molar-refractivity contribution in [3.05, 3.63) is 26.9 Å². The lowest BCUT2D eigenvalue weighted by Crippen LogP contribution is -2.31. The molecule has 0 spiro atoms. The average molecular weight is 262 g/mol. The third kappa shape index (κ3) is 1.70. The van der Waals surface area contributed by atoms with Gasteiger partial charge in [-0.25, -0.2) is 4.98 Å². The van der Waals surface area contributed by atoms with E-state index in [0.29, 0.717) is 13.0 Å². The third-order valence-corrected chi connectivity index (χ3v) is 3.36. The average Bonchev–Trinajstić information content (AvgIpc) is 2.58. The van der Waals surface area contributed by atoms with Crippen molar-refractivity contribution in [3.8, 4) is 0 Å². The molecule has 1 amide bonds. The highest BCUT2D eigenvalue weighted by Gasteiger charge is 2.31. The van der Waals surface area contributed by atoms with Gasteiger partial charge in [0.25, 0.3) is 5.56 Å². The monoisotopic (exact) mass is 261 g/mol. The number of hydrogen-bond acceptors (Lipinski definition) is 3. The molecule has 86 valence electrons. The number of carbonyl (C=O) groups is 1. The summed E-state index contributed by atoms with van der Waals surface area (Å²) < 4.78 is 1.24. The number of amides is 1. The molecule has 2 rings (SSSR count). The van der Waals surface area contributed by atoms with Crippen LogP contribution in [0, 0.1) is 0 Å². The van der Waals surface area contributed by atoms with Crippen LogP contribution in [0.2, 0.25) is 10.2 Å². The van der Waals surface area contributed by atoms with Crippen LogP contribution in [0.4, 0.5) is 0 Å². The van der Waals surface area contributed by atoms with E-state index in [1.807, 2.05) is 0 Å². The fourth-order valence-corrected chi connectivity index (χ4v) is 1.98. The van der Waals surface area contributed by atoms with Crippen molar-refractivity contribution in [1.82, 2.24) is 14.5 Å². The largest absolute Gasteiger partial charge is 0.344 e. The van der Waals surface area contributed by atoms with Crippen LogP contribution in [0.15, 0.2) is 11.1 Å². The van der Waals surface area contributed by atoms with Crippen LogP contribution in [0.5, 0.6) is 0 Å². The van der Waals surface area contributed by atoms with E-state index < -0.39 is 11.6 Å². The molecule has 1 fully saturated rings. The van der Waals surface area contributed by atoms with Gasteiger partial charge < -0.3 is 4.90 Å². The van der Waals surface area contributed by atoms with Gasteiger partial charge in [-0.15, -0.1) is 0 Å². The van der Waals surface area contributed by atoms with Crippen molar-refractivity contribution in [2.24, 2.45) is 0 Å². The van der Waals surface area contributed by atoms with E-state index in [1.165, 1.54) is 10.9 Å². The minimum absolute atomic E-state index is 0.0401. The Balaban J connectivity index is 2.47. The molecule has 1 atom stereocenters. The van der Waals surface area contributed by atoms with E-state index in [0.717, 1.165) is 0 Å². The number of halogens is 2. The summed E-state index contributed by atoms with van der Waals surface area (Å²) >= 11 is 11.3. The van der Waals surface area contributed by atoms with E-state index in [-0.39, 0.29) is 16.1 Å². The van der Waals surface area contributed by atoms with Gasteiger partial charge in [-0.3, -0.25) is 14.2 Å². The first-order chi connectivity index (χ1) is 7.52. The summed E-state index contributed by atoms with van der Waals surface area (Å²) in [5.41, 5.74) is -0.477. The van der Waals surface area contributed by atoms with E-state index in [9.17, 15) is 9.59 Å². The molecule has 1 aromatic rings. The lowest BCUT2D eigenvalue weighted by molar-refractivity contribution is -0.129. The van der Waals surface area contributed by atoms with E-state index in [4.69, 9.17) is 23.2 Å². The number of likely N-dealkylation sites (N-methyl/N-ethyl adjacent to an activating group) is 1. The first kappa shape index (κ1) is 11.4. The number of carbonyl (C=O) groups excluding carboxylic acids is 1. The number of likely N-dealkylation sites (tertiary alicyclic amines) is 1. The summed E-state index contributed by atoms with van der Waals surface area (Å²) in [6.45, 7) is 0.621. The van der Waals surface area contributed by atoms with Gasteiger partial charge in [-0.2, -0.15) is 0 Å². The first-order valence-electron chi connectivity index (χ1n) is 4.69. The first-order valence-corrected chi connectivity index (χ1v) is 5.45. The molecule has 0 radical (unpaired) electrons. The Kier molecular flexibility index (Phi) is 2.90. The van der Waals surface area contributed by atoms with Crippen LogP contribution >= 0.6 is 23.2 Å². The molecule has 5 nitrogen and oxygen atoms in total. The van der Waals surface area contributed by atoms with Crippen molar-refractivity contribution < 1.29 is 4.79 Å². The zero-order chi connectivity index (χ0) is 11.9. The third-order valence-electron chi connectivity index (χ3n) is 2.63. The molecule has 0 N–H and O–H groups in total. The van der Waals surface area contributed by atoms with Gasteiger partial charge in [0.1, 0.15) is 17.4 Å². The minimum Gasteiger partial charge on any atom is -0.344 e. The molecular formula is C9H9Cl2N3O2. The molecule has 0 saturated carbocycles. The summed E-state index contributed by atoms with van der Waals surface area (Å²) in [5, 5.41) is -0.187. The second-order valence-corrected chi connectivity index (χ2v) is 4.36. The predicted molar refractivity (Wildman–Crippen MR) is 59.8 cm³/mol. The Labute approximate surface area is 102 Å². The van der Waals surface area contributed by atoms with Crippen LogP contribution in [-0.2, 0) is 4.79 Å². The fourth-order valence-electron chi connectivity index (χ4n) is 1.71. The number of aromatic nitrogens is 2. The molecule has 16 heavy (non-hydrogen) atoms. The Morgan fingerprint density at radius 3 is 2.69 bits per heavy atom. The summed E-state index contributed by atoms with van der Waals surface area (Å²) in [4.78, 5) is 28.8. The van der Waals surface area contributed by atoms with Gasteiger partial charge in [-0.1, -0.05) is 23.2 Å². The highest BCUT2D eigenvalue weighted by atomic mass is 35.5. The van der Waals surface area contributed by atoms with Crippen LogP contribution in [0.25, 0.3) is 0 Å². The zero-order valence-corrected chi connectivity index (χ0v) is 9.99. The molecule has 2 heterocycles. The molecule has 1 aliphatic heterocycles. The molecule has 7 heteroatoms. The lowest BCUT2D eigenvalue weighted by Gasteiger charge is -2.13. The van der Waals surface area contributed by atoms with Crippen molar-refractivity contribution >= 4 is 29.1 Å². The van der Waals surface area contributed by atoms with Gasteiger partial charge in [-0.05, 0) is 6.42 Å². The lowest BCUT2D eigenvalue weighted by atomic mass is 10.2. The Hall–Kier alpha value is -1.07. The molecule has 1 aliphatic rings. The quantitative estimate of drug-likeness (QED) is 0.708. The van der Waals surface area contributed by atoms with Gasteiger partial charge in [0.2, 0.25) is 5.91 Å². The molecule has 1 unspecified atom stereocenters. The second-order valence-electron chi connectivity index (χ2n) is 3.63. The number of nitrogens with zero attached hydrogens (tertiary/aromatic N) is 3. The van der Waals surface area contributed by atoms with Gasteiger partial charge in [0, 0.05) is 13.6 Å². The summed E-state index contributed by atoms with van der Waals surface area (Å²) in [6, 6.07) is -0.514. The van der Waals surface area contributed by atoms with Crippen molar-refractivity contribution in [3.63, 3.8) is 0 Å². The smallest absolute Gasteiger partial charge is 0.274 e. The Morgan fingerprint density at radius 2 is 2.12 bits per heavy atom. The van der Waals surface area contributed by atoms with Crippen molar-refractivity contribution in [1.29, 1.82) is 0 Å². The topological polar surface area (TPSA) is 55.2 Å². The zero-order valence-electron chi connectivity index (χ0n) is 8.48. The highest BCUT2D eigenvalue weighted by molar-refractivity contribution is 6.40. The minimum atomic E-state index is -0.514. The fraction of sp³-hybridized carbons (Fsp3) is 0.444. The van der Waals surface area contributed by atoms with Gasteiger partial charge >= 0.3 is 0 Å². The molecule has 1 saturated heterocycles. The standard InChI is InChI=1S/C9H9Cl2N3O2/c1-13-3-2-5(8(13)15)14-4-12-7(11)6(10)9(14)16/h4-5H,2-3H2,1H3. The molecular weight excluding hydrogens is 253 g/mol. The van der Waals surface area contributed by atoms with Crippen LogP contribution < -0.4 is 5.56 Å². The molecule has 1 aromatic heterocycles. The second kappa shape index (κ2) is 4.07. The summed E-state index contributed by atoms with van der Waals surface area (Å²) in [5.74, 6) is -0.109. The van der Waals surface area contributed by atoms with Gasteiger partial charge in [0.05, 0.1) is 0 Å². The number of hydrogen-bond donors (Lipinski definition) is 0. The normalized spacial score (nSPS) is 20.6. The maximum atomic E-state index is 11.8. The van der Waals surface area contributed by atoms with Crippen molar-refractivity contribution in [2.75, 3.05) is 13.6 Å². The Morgan fingerprint density at radius 1 is 1.44 bits per heavy atom. The van der Waals surface area contributed by atoms with E-state index in [1.54, 1.807) is 11.9 Å². The molecule has 0 bridgehead atoms. The molecule has 0 aromatic carbocycles. The summed E-state index contributed by atoms with van der Waals surface area (Å²) in [6.07, 6.45) is 1.84. The van der Waals surface area contributed by atoms with E-state index in [2.05, 4.69) is 4.98 Å². The van der Waals surface area contributed by atoms with Gasteiger partial charge in [0.15, 0.2) is 5.15 Å². The maximum absolute atomic E-state index is 11.8. The highest BCUT2D eigenvalue weighted by Crippen LogP contribution is 2.22. The summed E-state index contributed by atoms with van der Waals surface area (Å²) in [7, 11) is 1.69. The maximum Gasteiger partial charge on any atom is 0.274 e. The van der Waals surface area contributed by atoms with Crippen LogP contribution in [0.1, 0.15) is 12.5 Å². The predicted octanol–water partition coefficient (Wildman–Crippen LogP) is 0.953. The van der Waals surface area contributed by atoms with Crippen LogP contribution in [0.3, 0.4) is 0 Å². The molecule has 0 aliphatic carbocycles. The van der Waals surface area contributed by atoms with Crippen LogP contribution in [-0.4, -0.2) is 34.0 Å². The Bertz CT molecular complexity index is 500. The number of rotatable bonds is 1. The SMILES string of the molecule is CN1CCC(n2cnc(Cl)c(Cl)c2=O)C1=O. The van der Waals surface area contributed by atoms with Crippen molar-refractivity contribution in [2.45, 2.75) is 12.5 Å². The van der Waals surface area contributed by atoms with E-state index >= 15 is 0 Å².